The monoisotopic (exact) mass is 314 g/mol. The number of nitrogens with one attached hydrogen (secondary N) is 1. The fourth-order valence-electron chi connectivity index (χ4n) is 2.72. The van der Waals surface area contributed by atoms with Gasteiger partial charge >= 0.3 is 0 Å². The predicted molar refractivity (Wildman–Crippen MR) is 87.4 cm³/mol. The van der Waals surface area contributed by atoms with Gasteiger partial charge in [-0.1, -0.05) is 6.92 Å². The van der Waals surface area contributed by atoms with Gasteiger partial charge in [0, 0.05) is 49.5 Å². The highest BCUT2D eigenvalue weighted by Crippen LogP contribution is 2.35. The predicted octanol–water partition coefficient (Wildman–Crippen LogP) is 1.75. The number of carbonyl (C=O) groups excluding carboxylic acids is 1. The van der Waals surface area contributed by atoms with E-state index in [-0.39, 0.29) is 22.8 Å². The third-order valence-electron chi connectivity index (χ3n) is 4.13. The Morgan fingerprint density at radius 3 is 2.91 bits per heavy atom. The summed E-state index contributed by atoms with van der Waals surface area (Å²) < 4.78 is 3.88. The maximum absolute atomic E-state index is 12.3. The van der Waals surface area contributed by atoms with Crippen LogP contribution in [0.15, 0.2) is 35.5 Å². The summed E-state index contributed by atoms with van der Waals surface area (Å²) in [6, 6.07) is 3.87. The van der Waals surface area contributed by atoms with Crippen molar-refractivity contribution in [3.05, 3.63) is 52.2 Å². The summed E-state index contributed by atoms with van der Waals surface area (Å²) in [5.41, 5.74) is 0.937. The van der Waals surface area contributed by atoms with Gasteiger partial charge in [0.25, 0.3) is 5.91 Å². The van der Waals surface area contributed by atoms with Crippen molar-refractivity contribution in [2.45, 2.75) is 39.3 Å². The Kier molecular flexibility index (Phi) is 4.32. The van der Waals surface area contributed by atoms with Gasteiger partial charge in [-0.3, -0.25) is 14.3 Å². The van der Waals surface area contributed by atoms with Crippen LogP contribution in [0.1, 0.15) is 41.9 Å². The average Bonchev–Trinajstić information content (AvgIpc) is 3.22. The van der Waals surface area contributed by atoms with Crippen molar-refractivity contribution in [3.63, 3.8) is 0 Å². The summed E-state index contributed by atoms with van der Waals surface area (Å²) in [5.74, 6) is -0.0633. The standard InChI is InChI=1S/C17H22N4O2/c1-12(10-20-7-3-6-19-20)9-18-17(23)15-11-21(14-4-5-14)13(2)8-16(15)22/h3,6-8,11-12,14H,4-5,9-10H2,1-2H3,(H,18,23)/t12-/m0/s1. The lowest BCUT2D eigenvalue weighted by molar-refractivity contribution is 0.0944. The van der Waals surface area contributed by atoms with E-state index in [2.05, 4.69) is 10.4 Å². The first-order chi connectivity index (χ1) is 11.0. The molecule has 6 nitrogen and oxygen atoms in total. The molecule has 0 radical (unpaired) electrons. The molecule has 1 N–H and O–H groups in total. The number of rotatable bonds is 6. The molecule has 2 heterocycles. The van der Waals surface area contributed by atoms with Crippen molar-refractivity contribution >= 4 is 5.91 Å². The molecule has 1 aliphatic carbocycles. The van der Waals surface area contributed by atoms with E-state index >= 15 is 0 Å². The normalized spacial score (nSPS) is 15.4. The van der Waals surface area contributed by atoms with E-state index in [9.17, 15) is 9.59 Å². The summed E-state index contributed by atoms with van der Waals surface area (Å²) in [5, 5.41) is 7.02. The van der Waals surface area contributed by atoms with E-state index in [4.69, 9.17) is 0 Å². The van der Waals surface area contributed by atoms with E-state index < -0.39 is 0 Å². The van der Waals surface area contributed by atoms with Gasteiger partial charge in [-0.15, -0.1) is 0 Å². The SMILES string of the molecule is Cc1cc(=O)c(C(=O)NC[C@H](C)Cn2cccn2)cn1C1CC1. The molecule has 0 spiro atoms. The number of amides is 1. The molecule has 0 bridgehead atoms. The van der Waals surface area contributed by atoms with E-state index in [1.54, 1.807) is 18.5 Å². The maximum atomic E-state index is 12.3. The first-order valence-electron chi connectivity index (χ1n) is 8.03. The number of aromatic nitrogens is 3. The minimum absolute atomic E-state index is 0.211. The molecule has 1 amide bonds. The third-order valence-corrected chi connectivity index (χ3v) is 4.13. The van der Waals surface area contributed by atoms with E-state index in [1.165, 1.54) is 0 Å². The van der Waals surface area contributed by atoms with E-state index in [1.807, 2.05) is 35.4 Å². The highest BCUT2D eigenvalue weighted by atomic mass is 16.2. The van der Waals surface area contributed by atoms with Crippen molar-refractivity contribution in [3.8, 4) is 0 Å². The van der Waals surface area contributed by atoms with Crippen LogP contribution in [0.3, 0.4) is 0 Å². The number of aryl methyl sites for hydroxylation is 1. The van der Waals surface area contributed by atoms with Crippen LogP contribution in [0, 0.1) is 12.8 Å². The molecule has 0 aromatic carbocycles. The lowest BCUT2D eigenvalue weighted by Crippen LogP contribution is -2.33. The lowest BCUT2D eigenvalue weighted by atomic mass is 10.1. The molecule has 23 heavy (non-hydrogen) atoms. The van der Waals surface area contributed by atoms with Gasteiger partial charge in [0.2, 0.25) is 0 Å². The highest BCUT2D eigenvalue weighted by Gasteiger charge is 2.25. The summed E-state index contributed by atoms with van der Waals surface area (Å²) >= 11 is 0. The number of carbonyl (C=O) groups is 1. The molecule has 1 aliphatic rings. The second-order valence-electron chi connectivity index (χ2n) is 6.37. The first-order valence-corrected chi connectivity index (χ1v) is 8.03. The average molecular weight is 314 g/mol. The molecule has 0 saturated heterocycles. The summed E-state index contributed by atoms with van der Waals surface area (Å²) in [7, 11) is 0. The molecule has 6 heteroatoms. The number of pyridine rings is 1. The Hall–Kier alpha value is -2.37. The zero-order chi connectivity index (χ0) is 16.4. The molecular formula is C17H22N4O2. The van der Waals surface area contributed by atoms with Crippen molar-refractivity contribution in [1.29, 1.82) is 0 Å². The quantitative estimate of drug-likeness (QED) is 0.883. The first kappa shape index (κ1) is 15.5. The van der Waals surface area contributed by atoms with Crippen LogP contribution in [0.25, 0.3) is 0 Å². The molecule has 2 aromatic rings. The second kappa shape index (κ2) is 6.40. The molecular weight excluding hydrogens is 292 g/mol. The van der Waals surface area contributed by atoms with Gasteiger partial charge in [-0.05, 0) is 31.7 Å². The highest BCUT2D eigenvalue weighted by molar-refractivity contribution is 5.93. The van der Waals surface area contributed by atoms with Crippen molar-refractivity contribution in [2.24, 2.45) is 5.92 Å². The zero-order valence-electron chi connectivity index (χ0n) is 13.5. The van der Waals surface area contributed by atoms with Crippen molar-refractivity contribution in [2.75, 3.05) is 6.54 Å². The van der Waals surface area contributed by atoms with Crippen LogP contribution in [0.2, 0.25) is 0 Å². The van der Waals surface area contributed by atoms with Crippen molar-refractivity contribution < 1.29 is 4.79 Å². The molecule has 0 unspecified atom stereocenters. The van der Waals surface area contributed by atoms with E-state index in [0.717, 1.165) is 25.1 Å². The lowest BCUT2D eigenvalue weighted by Gasteiger charge is -2.14. The molecule has 0 aliphatic heterocycles. The second-order valence-corrected chi connectivity index (χ2v) is 6.37. The Morgan fingerprint density at radius 1 is 1.48 bits per heavy atom. The number of hydrogen-bond donors (Lipinski definition) is 1. The minimum atomic E-state index is -0.295. The van der Waals surface area contributed by atoms with Gasteiger partial charge in [0.1, 0.15) is 5.56 Å². The fourth-order valence-corrected chi connectivity index (χ4v) is 2.72. The van der Waals surface area contributed by atoms with Gasteiger partial charge < -0.3 is 9.88 Å². The Bertz CT molecular complexity index is 744. The van der Waals surface area contributed by atoms with Gasteiger partial charge in [-0.25, -0.2) is 0 Å². The number of nitrogens with zero attached hydrogens (tertiary/aromatic N) is 3. The minimum Gasteiger partial charge on any atom is -0.352 e. The molecule has 1 fully saturated rings. The summed E-state index contributed by atoms with van der Waals surface area (Å²) in [4.78, 5) is 24.4. The van der Waals surface area contributed by atoms with Crippen LogP contribution in [-0.2, 0) is 6.54 Å². The van der Waals surface area contributed by atoms with Gasteiger partial charge in [0.05, 0.1) is 0 Å². The molecule has 3 rings (SSSR count). The fraction of sp³-hybridized carbons (Fsp3) is 0.471. The Labute approximate surface area is 135 Å². The van der Waals surface area contributed by atoms with Crippen molar-refractivity contribution in [1.82, 2.24) is 19.7 Å². The van der Waals surface area contributed by atoms with Gasteiger partial charge in [0.15, 0.2) is 5.43 Å². The molecule has 122 valence electrons. The van der Waals surface area contributed by atoms with Crippen LogP contribution >= 0.6 is 0 Å². The third kappa shape index (κ3) is 3.70. The van der Waals surface area contributed by atoms with Crippen LogP contribution in [-0.4, -0.2) is 26.8 Å². The van der Waals surface area contributed by atoms with Gasteiger partial charge in [-0.2, -0.15) is 5.10 Å². The molecule has 2 aromatic heterocycles. The topological polar surface area (TPSA) is 68.9 Å². The Balaban J connectivity index is 1.64. The summed E-state index contributed by atoms with van der Waals surface area (Å²) in [6.45, 7) is 5.19. The van der Waals surface area contributed by atoms with E-state index in [0.29, 0.717) is 12.6 Å². The van der Waals surface area contributed by atoms with Crippen LogP contribution < -0.4 is 10.7 Å². The van der Waals surface area contributed by atoms with Crippen LogP contribution in [0.4, 0.5) is 0 Å². The molecule has 1 atom stereocenters. The maximum Gasteiger partial charge on any atom is 0.256 e. The largest absolute Gasteiger partial charge is 0.352 e. The zero-order valence-corrected chi connectivity index (χ0v) is 13.5. The smallest absolute Gasteiger partial charge is 0.256 e. The van der Waals surface area contributed by atoms with Crippen LogP contribution in [0.5, 0.6) is 0 Å². The Morgan fingerprint density at radius 2 is 2.26 bits per heavy atom. The molecule has 1 saturated carbocycles. The summed E-state index contributed by atoms with van der Waals surface area (Å²) in [6.07, 6.45) is 7.57. The number of hydrogen-bond acceptors (Lipinski definition) is 3.